The third-order valence-electron chi connectivity index (χ3n) is 5.61. The van der Waals surface area contributed by atoms with Gasteiger partial charge in [-0.25, -0.2) is 0 Å². The first kappa shape index (κ1) is 23.4. The highest BCUT2D eigenvalue weighted by atomic mass is 16.1. The van der Waals surface area contributed by atoms with Crippen LogP contribution in [0.1, 0.15) is 39.7 Å². The van der Waals surface area contributed by atoms with E-state index in [1.165, 1.54) is 0 Å². The van der Waals surface area contributed by atoms with Crippen molar-refractivity contribution in [2.75, 3.05) is 31.5 Å². The van der Waals surface area contributed by atoms with Gasteiger partial charge in [-0.15, -0.1) is 0 Å². The Hall–Kier alpha value is -2.86. The minimum absolute atomic E-state index is 0.0216. The maximum atomic E-state index is 12.5. The van der Waals surface area contributed by atoms with Crippen molar-refractivity contribution in [1.29, 1.82) is 0 Å². The van der Waals surface area contributed by atoms with Gasteiger partial charge in [0.2, 0.25) is 5.91 Å². The van der Waals surface area contributed by atoms with Crippen molar-refractivity contribution in [2.45, 2.75) is 40.5 Å². The zero-order chi connectivity index (χ0) is 22.0. The number of hydrogen-bond donors (Lipinski definition) is 1. The van der Waals surface area contributed by atoms with Crippen LogP contribution in [0.3, 0.4) is 0 Å². The Balaban J connectivity index is 1.94. The molecule has 0 atom stereocenters. The van der Waals surface area contributed by atoms with Crippen LogP contribution in [0, 0.1) is 0 Å². The lowest BCUT2D eigenvalue weighted by Gasteiger charge is -2.35. The van der Waals surface area contributed by atoms with Crippen molar-refractivity contribution in [2.24, 2.45) is 10.2 Å². The molecule has 160 valence electrons. The molecular weight excluding hydrogens is 376 g/mol. The summed E-state index contributed by atoms with van der Waals surface area (Å²) < 4.78 is 0.839. The molecule has 0 aromatic heterocycles. The van der Waals surface area contributed by atoms with Crippen LogP contribution in [-0.2, 0) is 16.0 Å². The standard InChI is InChI=1S/C24H32N4O2/c1-5-24(30)25-20-13-15-22(16-14-20)27-26-21-11-9-19(10-12-21)17-23(29)18-28(6-2,7-3)8-4/h9-16H,5-8,17-18H2,1-4H3/p+1. The summed E-state index contributed by atoms with van der Waals surface area (Å²) in [5.74, 6) is 0.247. The highest BCUT2D eigenvalue weighted by molar-refractivity contribution is 5.90. The van der Waals surface area contributed by atoms with Crippen molar-refractivity contribution < 1.29 is 14.1 Å². The summed E-state index contributed by atoms with van der Waals surface area (Å²) in [4.78, 5) is 23.9. The molecule has 6 nitrogen and oxygen atoms in total. The molecule has 0 aliphatic rings. The van der Waals surface area contributed by atoms with Crippen LogP contribution < -0.4 is 5.32 Å². The lowest BCUT2D eigenvalue weighted by atomic mass is 10.1. The number of quaternary nitrogens is 1. The molecule has 1 N–H and O–H groups in total. The molecule has 0 saturated carbocycles. The van der Waals surface area contributed by atoms with E-state index >= 15 is 0 Å². The Morgan fingerprint density at radius 2 is 1.30 bits per heavy atom. The molecule has 0 fully saturated rings. The minimum Gasteiger partial charge on any atom is -0.326 e. The quantitative estimate of drug-likeness (QED) is 0.396. The first-order valence-corrected chi connectivity index (χ1v) is 10.7. The van der Waals surface area contributed by atoms with E-state index < -0.39 is 0 Å². The van der Waals surface area contributed by atoms with Crippen LogP contribution >= 0.6 is 0 Å². The fraction of sp³-hybridized carbons (Fsp3) is 0.417. The number of amides is 1. The Morgan fingerprint density at radius 1 is 0.800 bits per heavy atom. The van der Waals surface area contributed by atoms with Crippen molar-refractivity contribution in [3.63, 3.8) is 0 Å². The Kier molecular flexibility index (Phi) is 8.87. The van der Waals surface area contributed by atoms with Gasteiger partial charge in [0.25, 0.3) is 0 Å². The van der Waals surface area contributed by atoms with E-state index in [2.05, 4.69) is 36.3 Å². The van der Waals surface area contributed by atoms with Crippen molar-refractivity contribution in [1.82, 2.24) is 0 Å². The molecule has 0 bridgehead atoms. The van der Waals surface area contributed by atoms with Gasteiger partial charge in [0.05, 0.1) is 31.0 Å². The number of azo groups is 1. The van der Waals surface area contributed by atoms with Crippen molar-refractivity contribution in [3.05, 3.63) is 54.1 Å². The highest BCUT2D eigenvalue weighted by Gasteiger charge is 2.24. The summed E-state index contributed by atoms with van der Waals surface area (Å²) >= 11 is 0. The number of benzene rings is 2. The maximum absolute atomic E-state index is 12.5. The van der Waals surface area contributed by atoms with Gasteiger partial charge < -0.3 is 9.80 Å². The van der Waals surface area contributed by atoms with Crippen LogP contribution in [0.2, 0.25) is 0 Å². The Morgan fingerprint density at radius 3 is 1.77 bits per heavy atom. The third kappa shape index (κ3) is 6.88. The molecule has 0 aliphatic carbocycles. The fourth-order valence-corrected chi connectivity index (χ4v) is 3.32. The van der Waals surface area contributed by atoms with E-state index in [0.717, 1.165) is 41.1 Å². The van der Waals surface area contributed by atoms with Crippen molar-refractivity contribution in [3.8, 4) is 0 Å². The predicted molar refractivity (Wildman–Crippen MR) is 121 cm³/mol. The molecule has 0 saturated heterocycles. The number of Topliss-reactive ketones (excluding diaryl/α,β-unsaturated/α-hetero) is 1. The number of nitrogens with one attached hydrogen (secondary N) is 1. The molecular formula is C24H33N4O2+. The summed E-state index contributed by atoms with van der Waals surface area (Å²) in [6.07, 6.45) is 0.890. The molecule has 0 heterocycles. The Bertz CT molecular complexity index is 846. The maximum Gasteiger partial charge on any atom is 0.224 e. The number of nitrogens with zero attached hydrogens (tertiary/aromatic N) is 3. The average molecular weight is 410 g/mol. The monoisotopic (exact) mass is 409 g/mol. The van der Waals surface area contributed by atoms with E-state index in [1.54, 1.807) is 12.1 Å². The van der Waals surface area contributed by atoms with Gasteiger partial charge in [0, 0.05) is 18.5 Å². The van der Waals surface area contributed by atoms with Gasteiger partial charge in [-0.05, 0) is 62.7 Å². The largest absolute Gasteiger partial charge is 0.326 e. The molecule has 0 unspecified atom stereocenters. The van der Waals surface area contributed by atoms with Crippen LogP contribution in [0.25, 0.3) is 0 Å². The van der Waals surface area contributed by atoms with E-state index in [9.17, 15) is 9.59 Å². The van der Waals surface area contributed by atoms with Crippen LogP contribution in [-0.4, -0.2) is 42.4 Å². The second kappa shape index (κ2) is 11.4. The zero-order valence-electron chi connectivity index (χ0n) is 18.5. The van der Waals surface area contributed by atoms with Gasteiger partial charge in [-0.2, -0.15) is 10.2 Å². The minimum atomic E-state index is -0.0216. The molecule has 0 radical (unpaired) electrons. The number of ketones is 1. The zero-order valence-corrected chi connectivity index (χ0v) is 18.5. The number of hydrogen-bond acceptors (Lipinski definition) is 4. The molecule has 0 aliphatic heterocycles. The van der Waals surface area contributed by atoms with E-state index in [1.807, 2.05) is 43.3 Å². The van der Waals surface area contributed by atoms with Gasteiger partial charge in [0.15, 0.2) is 5.78 Å². The first-order chi connectivity index (χ1) is 14.4. The molecule has 2 aromatic carbocycles. The number of likely N-dealkylation sites (N-methyl/N-ethyl adjacent to an activating group) is 1. The number of carbonyl (C=O) groups excluding carboxylic acids is 2. The normalized spacial score (nSPS) is 11.6. The number of carbonyl (C=O) groups is 2. The second-order valence-electron chi connectivity index (χ2n) is 7.48. The second-order valence-corrected chi connectivity index (χ2v) is 7.48. The van der Waals surface area contributed by atoms with E-state index in [0.29, 0.717) is 25.1 Å². The van der Waals surface area contributed by atoms with Gasteiger partial charge in [-0.3, -0.25) is 9.59 Å². The lowest BCUT2D eigenvalue weighted by molar-refractivity contribution is -0.915. The van der Waals surface area contributed by atoms with Crippen molar-refractivity contribution >= 4 is 28.8 Å². The average Bonchev–Trinajstić information content (AvgIpc) is 2.78. The summed E-state index contributed by atoms with van der Waals surface area (Å²) in [5, 5.41) is 11.3. The number of anilines is 1. The third-order valence-corrected chi connectivity index (χ3v) is 5.61. The molecule has 1 amide bonds. The Labute approximate surface area is 179 Å². The molecule has 2 aromatic rings. The summed E-state index contributed by atoms with van der Waals surface area (Å²) in [7, 11) is 0. The first-order valence-electron chi connectivity index (χ1n) is 10.7. The molecule has 2 rings (SSSR count). The van der Waals surface area contributed by atoms with Crippen LogP contribution in [0.5, 0.6) is 0 Å². The predicted octanol–water partition coefficient (Wildman–Crippen LogP) is 5.44. The smallest absolute Gasteiger partial charge is 0.224 e. The molecule has 0 spiro atoms. The van der Waals surface area contributed by atoms with Crippen LogP contribution in [0.15, 0.2) is 58.8 Å². The topological polar surface area (TPSA) is 70.9 Å². The van der Waals surface area contributed by atoms with Crippen LogP contribution in [0.4, 0.5) is 17.1 Å². The lowest BCUT2D eigenvalue weighted by Crippen LogP contribution is -2.51. The molecule has 6 heteroatoms. The summed E-state index contributed by atoms with van der Waals surface area (Å²) in [6, 6.07) is 14.9. The van der Waals surface area contributed by atoms with Gasteiger partial charge >= 0.3 is 0 Å². The van der Waals surface area contributed by atoms with E-state index in [4.69, 9.17) is 0 Å². The SMILES string of the molecule is CCC(=O)Nc1ccc(N=Nc2ccc(CC(=O)C[N+](CC)(CC)CC)cc2)cc1. The highest BCUT2D eigenvalue weighted by Crippen LogP contribution is 2.21. The summed E-state index contributed by atoms with van der Waals surface area (Å²) in [6.45, 7) is 11.8. The number of rotatable bonds is 11. The van der Waals surface area contributed by atoms with Gasteiger partial charge in [0.1, 0.15) is 6.54 Å². The van der Waals surface area contributed by atoms with Gasteiger partial charge in [-0.1, -0.05) is 19.1 Å². The fourth-order valence-electron chi connectivity index (χ4n) is 3.32. The molecule has 30 heavy (non-hydrogen) atoms. The van der Waals surface area contributed by atoms with E-state index in [-0.39, 0.29) is 11.7 Å². The summed E-state index contributed by atoms with van der Waals surface area (Å²) in [5.41, 5.74) is 3.18.